The summed E-state index contributed by atoms with van der Waals surface area (Å²) in [6.07, 6.45) is 8.49. The topological polar surface area (TPSA) is 9.23 Å². The van der Waals surface area contributed by atoms with Crippen LogP contribution in [0.4, 0.5) is 0 Å². The zero-order valence-corrected chi connectivity index (χ0v) is 21.7. The lowest BCUT2D eigenvalue weighted by Gasteiger charge is -2.18. The van der Waals surface area contributed by atoms with E-state index in [4.69, 9.17) is 4.74 Å². The van der Waals surface area contributed by atoms with Crippen molar-refractivity contribution in [2.45, 2.75) is 33.1 Å². The molecule has 4 aromatic carbocycles. The second-order valence-electron chi connectivity index (χ2n) is 10.2. The molecule has 0 aliphatic carbocycles. The van der Waals surface area contributed by atoms with Gasteiger partial charge < -0.3 is 4.74 Å². The third-order valence-corrected chi connectivity index (χ3v) is 6.11. The molecule has 180 valence electrons. The molecule has 0 amide bonds. The van der Waals surface area contributed by atoms with Crippen molar-refractivity contribution in [3.63, 3.8) is 0 Å². The third kappa shape index (κ3) is 6.96. The maximum absolute atomic E-state index is 6.04. The smallest absolute Gasteiger partial charge is 0.127 e. The molecule has 36 heavy (non-hydrogen) atoms. The van der Waals surface area contributed by atoms with Crippen molar-refractivity contribution in [2.24, 2.45) is 0 Å². The SMILES string of the molecule is C=C(C)c1ccc(/C=C/c2ccc(Oc3ccc(/C=C/c4ccc(C(C)(C)C)cc4)cc3)cc2)cc1. The lowest BCUT2D eigenvalue weighted by atomic mass is 9.87. The summed E-state index contributed by atoms with van der Waals surface area (Å²) in [5.74, 6) is 1.64. The first-order valence-electron chi connectivity index (χ1n) is 12.4. The van der Waals surface area contributed by atoms with E-state index in [1.807, 2.05) is 31.2 Å². The van der Waals surface area contributed by atoms with E-state index in [2.05, 4.69) is 124 Å². The van der Waals surface area contributed by atoms with Crippen molar-refractivity contribution in [2.75, 3.05) is 0 Å². The van der Waals surface area contributed by atoms with E-state index in [-0.39, 0.29) is 5.41 Å². The molecule has 0 aromatic heterocycles. The van der Waals surface area contributed by atoms with E-state index in [1.54, 1.807) is 0 Å². The highest BCUT2D eigenvalue weighted by Gasteiger charge is 2.12. The highest BCUT2D eigenvalue weighted by Crippen LogP contribution is 2.25. The van der Waals surface area contributed by atoms with Gasteiger partial charge in [-0.15, -0.1) is 0 Å². The van der Waals surface area contributed by atoms with Gasteiger partial charge in [0.1, 0.15) is 11.5 Å². The van der Waals surface area contributed by atoms with Gasteiger partial charge in [-0.3, -0.25) is 0 Å². The molecule has 0 atom stereocenters. The fraction of sp³-hybridized carbons (Fsp3) is 0.143. The average molecular weight is 471 g/mol. The first kappa shape index (κ1) is 25.0. The van der Waals surface area contributed by atoms with Gasteiger partial charge in [0.15, 0.2) is 0 Å². The Hall–Kier alpha value is -4.10. The van der Waals surface area contributed by atoms with Crippen LogP contribution in [0.1, 0.15) is 61.1 Å². The predicted octanol–water partition coefficient (Wildman–Crippen LogP) is 10.2. The Morgan fingerprint density at radius 3 is 1.22 bits per heavy atom. The van der Waals surface area contributed by atoms with E-state index < -0.39 is 0 Å². The van der Waals surface area contributed by atoms with Crippen LogP contribution in [-0.4, -0.2) is 0 Å². The largest absolute Gasteiger partial charge is 0.457 e. The fourth-order valence-electron chi connectivity index (χ4n) is 3.79. The molecule has 0 bridgehead atoms. The number of hydrogen-bond donors (Lipinski definition) is 0. The van der Waals surface area contributed by atoms with E-state index in [0.29, 0.717) is 0 Å². The Morgan fingerprint density at radius 1 is 0.556 bits per heavy atom. The number of allylic oxidation sites excluding steroid dienone is 1. The summed E-state index contributed by atoms with van der Waals surface area (Å²) < 4.78 is 6.04. The molecular weight excluding hydrogens is 436 g/mol. The highest BCUT2D eigenvalue weighted by molar-refractivity contribution is 5.72. The van der Waals surface area contributed by atoms with Crippen LogP contribution in [0.25, 0.3) is 29.9 Å². The second-order valence-corrected chi connectivity index (χ2v) is 10.2. The van der Waals surface area contributed by atoms with E-state index in [0.717, 1.165) is 33.8 Å². The third-order valence-electron chi connectivity index (χ3n) is 6.11. The molecule has 4 aromatic rings. The maximum Gasteiger partial charge on any atom is 0.127 e. The standard InChI is InChI=1S/C35H34O/c1-26(2)31-18-10-27(11-19-31)6-8-29-14-22-33(23-15-29)36-34-24-16-30(17-25-34)9-7-28-12-20-32(21-13-28)35(3,4)5/h6-25H,1H2,2-5H3/b8-6+,9-7+. The molecule has 0 spiro atoms. The van der Waals surface area contributed by atoms with Crippen LogP contribution in [0.3, 0.4) is 0 Å². The monoisotopic (exact) mass is 470 g/mol. The van der Waals surface area contributed by atoms with Gasteiger partial charge in [-0.2, -0.15) is 0 Å². The minimum atomic E-state index is 0.173. The average Bonchev–Trinajstić information content (AvgIpc) is 2.88. The van der Waals surface area contributed by atoms with Gasteiger partial charge in [-0.05, 0) is 70.0 Å². The summed E-state index contributed by atoms with van der Waals surface area (Å²) in [4.78, 5) is 0. The predicted molar refractivity (Wildman–Crippen MR) is 157 cm³/mol. The number of benzene rings is 4. The van der Waals surface area contributed by atoms with Crippen LogP contribution >= 0.6 is 0 Å². The zero-order valence-electron chi connectivity index (χ0n) is 21.7. The van der Waals surface area contributed by atoms with Gasteiger partial charge in [-0.25, -0.2) is 0 Å². The van der Waals surface area contributed by atoms with Crippen LogP contribution in [0.5, 0.6) is 11.5 Å². The van der Waals surface area contributed by atoms with Crippen LogP contribution < -0.4 is 4.74 Å². The van der Waals surface area contributed by atoms with Gasteiger partial charge in [0.25, 0.3) is 0 Å². The summed E-state index contributed by atoms with van der Waals surface area (Å²) >= 11 is 0. The molecule has 0 unspecified atom stereocenters. The van der Waals surface area contributed by atoms with Crippen molar-refractivity contribution in [1.29, 1.82) is 0 Å². The van der Waals surface area contributed by atoms with Crippen LogP contribution in [0.15, 0.2) is 104 Å². The first-order chi connectivity index (χ1) is 17.3. The lowest BCUT2D eigenvalue weighted by Crippen LogP contribution is -2.10. The minimum Gasteiger partial charge on any atom is -0.457 e. The molecule has 4 rings (SSSR count). The molecule has 1 heteroatoms. The molecule has 1 nitrogen and oxygen atoms in total. The summed E-state index contributed by atoms with van der Waals surface area (Å²) in [6.45, 7) is 12.7. The minimum absolute atomic E-state index is 0.173. The molecule has 0 saturated carbocycles. The number of rotatable bonds is 7. The molecule has 0 fully saturated rings. The molecule has 0 heterocycles. The number of hydrogen-bond acceptors (Lipinski definition) is 1. The second kappa shape index (κ2) is 11.1. The molecule has 0 saturated heterocycles. The van der Waals surface area contributed by atoms with E-state index >= 15 is 0 Å². The van der Waals surface area contributed by atoms with E-state index in [1.165, 1.54) is 16.7 Å². The Labute approximate surface area is 216 Å². The molecule has 0 N–H and O–H groups in total. The van der Waals surface area contributed by atoms with Gasteiger partial charge in [0.05, 0.1) is 0 Å². The Kier molecular flexibility index (Phi) is 7.71. The molecular formula is C35H34O. The van der Waals surface area contributed by atoms with Gasteiger partial charge in [-0.1, -0.05) is 130 Å². The van der Waals surface area contributed by atoms with Crippen molar-refractivity contribution in [1.82, 2.24) is 0 Å². The first-order valence-corrected chi connectivity index (χ1v) is 12.4. The van der Waals surface area contributed by atoms with Crippen LogP contribution in [0, 0.1) is 0 Å². The van der Waals surface area contributed by atoms with Crippen molar-refractivity contribution >= 4 is 29.9 Å². The van der Waals surface area contributed by atoms with Crippen LogP contribution in [0.2, 0.25) is 0 Å². The summed E-state index contributed by atoms with van der Waals surface area (Å²) in [5, 5.41) is 0. The Balaban J connectivity index is 1.33. The quantitative estimate of drug-likeness (QED) is 0.244. The summed E-state index contributed by atoms with van der Waals surface area (Å²) in [7, 11) is 0. The normalized spacial score (nSPS) is 11.8. The number of ether oxygens (including phenoxy) is 1. The van der Waals surface area contributed by atoms with Gasteiger partial charge >= 0.3 is 0 Å². The van der Waals surface area contributed by atoms with Crippen molar-refractivity contribution in [3.05, 3.63) is 137 Å². The van der Waals surface area contributed by atoms with Crippen LogP contribution in [-0.2, 0) is 5.41 Å². The Bertz CT molecular complexity index is 1340. The molecule has 0 radical (unpaired) electrons. The maximum atomic E-state index is 6.04. The lowest BCUT2D eigenvalue weighted by molar-refractivity contribution is 0.482. The summed E-state index contributed by atoms with van der Waals surface area (Å²) in [5.41, 5.74) is 8.39. The Morgan fingerprint density at radius 2 is 0.889 bits per heavy atom. The zero-order chi connectivity index (χ0) is 25.5. The van der Waals surface area contributed by atoms with Crippen molar-refractivity contribution in [3.8, 4) is 11.5 Å². The van der Waals surface area contributed by atoms with E-state index in [9.17, 15) is 0 Å². The summed E-state index contributed by atoms with van der Waals surface area (Å²) in [6, 6.07) is 33.5. The molecule has 0 aliphatic rings. The van der Waals surface area contributed by atoms with Gasteiger partial charge in [0.2, 0.25) is 0 Å². The molecule has 0 aliphatic heterocycles. The fourth-order valence-corrected chi connectivity index (χ4v) is 3.79. The van der Waals surface area contributed by atoms with Crippen molar-refractivity contribution < 1.29 is 4.74 Å². The van der Waals surface area contributed by atoms with Gasteiger partial charge in [0, 0.05) is 0 Å². The highest BCUT2D eigenvalue weighted by atomic mass is 16.5.